The van der Waals surface area contributed by atoms with E-state index in [0.29, 0.717) is 6.54 Å². The molecule has 1 saturated carbocycles. The predicted octanol–water partition coefficient (Wildman–Crippen LogP) is 5.18. The Bertz CT molecular complexity index is 778. The molecule has 0 aromatic heterocycles. The second-order valence-corrected chi connectivity index (χ2v) is 8.13. The van der Waals surface area contributed by atoms with Crippen LogP contribution in [0.1, 0.15) is 37.7 Å². The zero-order chi connectivity index (χ0) is 18.7. The maximum atomic E-state index is 12.3. The van der Waals surface area contributed by atoms with E-state index in [-0.39, 0.29) is 11.4 Å². The van der Waals surface area contributed by atoms with Crippen LogP contribution in [0.25, 0.3) is 0 Å². The van der Waals surface area contributed by atoms with Crippen molar-refractivity contribution in [3.8, 4) is 0 Å². The summed E-state index contributed by atoms with van der Waals surface area (Å²) in [6.07, 6.45) is 6.04. The average molecular weight is 384 g/mol. The summed E-state index contributed by atoms with van der Waals surface area (Å²) in [4.78, 5) is 14.7. The van der Waals surface area contributed by atoms with E-state index >= 15 is 0 Å². The number of amides is 2. The lowest BCUT2D eigenvalue weighted by Gasteiger charge is -2.28. The summed E-state index contributed by atoms with van der Waals surface area (Å²) in [6, 6.07) is 16.0. The molecule has 5 heteroatoms. The number of piperidine rings is 1. The van der Waals surface area contributed by atoms with E-state index < -0.39 is 0 Å². The fourth-order valence-corrected chi connectivity index (χ4v) is 3.98. The highest BCUT2D eigenvalue weighted by Gasteiger charge is 2.44. The Labute approximate surface area is 165 Å². The smallest absolute Gasteiger partial charge is 0.319 e. The van der Waals surface area contributed by atoms with Gasteiger partial charge in [0.15, 0.2) is 0 Å². The second-order valence-electron chi connectivity index (χ2n) is 7.69. The van der Waals surface area contributed by atoms with Gasteiger partial charge in [-0.05, 0) is 74.1 Å². The van der Waals surface area contributed by atoms with Crippen LogP contribution in [0.15, 0.2) is 48.5 Å². The molecular formula is C22H26ClN3O. The maximum Gasteiger partial charge on any atom is 0.319 e. The van der Waals surface area contributed by atoms with Gasteiger partial charge < -0.3 is 15.5 Å². The second kappa shape index (κ2) is 7.81. The van der Waals surface area contributed by atoms with Crippen LogP contribution in [0.3, 0.4) is 0 Å². The van der Waals surface area contributed by atoms with Crippen molar-refractivity contribution in [2.75, 3.05) is 29.9 Å². The van der Waals surface area contributed by atoms with Crippen molar-refractivity contribution in [1.82, 2.24) is 5.32 Å². The molecule has 0 radical (unpaired) electrons. The van der Waals surface area contributed by atoms with Crippen LogP contribution >= 0.6 is 11.6 Å². The first-order valence-electron chi connectivity index (χ1n) is 9.81. The molecular weight excluding hydrogens is 358 g/mol. The lowest BCUT2D eigenvalue weighted by atomic mass is 9.96. The van der Waals surface area contributed by atoms with E-state index in [1.165, 1.54) is 30.5 Å². The van der Waals surface area contributed by atoms with Gasteiger partial charge in [0.25, 0.3) is 0 Å². The van der Waals surface area contributed by atoms with Crippen LogP contribution in [-0.4, -0.2) is 25.7 Å². The van der Waals surface area contributed by atoms with Crippen LogP contribution in [0.5, 0.6) is 0 Å². The monoisotopic (exact) mass is 383 g/mol. The minimum Gasteiger partial charge on any atom is -0.372 e. The summed E-state index contributed by atoms with van der Waals surface area (Å²) in [5.41, 5.74) is 3.38. The van der Waals surface area contributed by atoms with Gasteiger partial charge >= 0.3 is 6.03 Å². The van der Waals surface area contributed by atoms with Gasteiger partial charge in [0.05, 0.1) is 0 Å². The lowest BCUT2D eigenvalue weighted by Crippen LogP contribution is -2.35. The quantitative estimate of drug-likeness (QED) is 0.746. The van der Waals surface area contributed by atoms with Gasteiger partial charge in [-0.2, -0.15) is 0 Å². The minimum atomic E-state index is -0.152. The van der Waals surface area contributed by atoms with E-state index in [0.717, 1.165) is 36.6 Å². The third-order valence-corrected chi connectivity index (χ3v) is 6.00. The van der Waals surface area contributed by atoms with Gasteiger partial charge in [-0.3, -0.25) is 0 Å². The third-order valence-electron chi connectivity index (χ3n) is 5.74. The SMILES string of the molecule is O=C(NCC1(c2ccc(Cl)cc2)CC1)Nc1ccc(N2CCCCC2)cc1. The minimum absolute atomic E-state index is 0.0695. The Morgan fingerprint density at radius 3 is 2.26 bits per heavy atom. The van der Waals surface area contributed by atoms with Gasteiger partial charge in [0.2, 0.25) is 0 Å². The highest BCUT2D eigenvalue weighted by atomic mass is 35.5. The first-order chi connectivity index (χ1) is 13.1. The summed E-state index contributed by atoms with van der Waals surface area (Å²) >= 11 is 5.98. The summed E-state index contributed by atoms with van der Waals surface area (Å²) in [7, 11) is 0. The van der Waals surface area contributed by atoms with E-state index in [4.69, 9.17) is 11.6 Å². The van der Waals surface area contributed by atoms with Crippen molar-refractivity contribution in [2.45, 2.75) is 37.5 Å². The largest absolute Gasteiger partial charge is 0.372 e. The van der Waals surface area contributed by atoms with Crippen LogP contribution < -0.4 is 15.5 Å². The van der Waals surface area contributed by atoms with Gasteiger partial charge in [-0.1, -0.05) is 23.7 Å². The van der Waals surface area contributed by atoms with Crippen molar-refractivity contribution in [3.63, 3.8) is 0 Å². The number of halogens is 1. The molecule has 2 N–H and O–H groups in total. The number of carbonyl (C=O) groups excluding carboxylic acids is 1. The lowest BCUT2D eigenvalue weighted by molar-refractivity contribution is 0.251. The number of hydrogen-bond donors (Lipinski definition) is 2. The first kappa shape index (κ1) is 18.2. The van der Waals surface area contributed by atoms with Crippen LogP contribution in [0.4, 0.5) is 16.2 Å². The average Bonchev–Trinajstić information content (AvgIpc) is 3.49. The molecule has 1 aliphatic heterocycles. The highest BCUT2D eigenvalue weighted by molar-refractivity contribution is 6.30. The highest BCUT2D eigenvalue weighted by Crippen LogP contribution is 2.47. The third kappa shape index (κ3) is 4.38. The molecule has 2 fully saturated rings. The fourth-order valence-electron chi connectivity index (χ4n) is 3.85. The normalized spacial score (nSPS) is 18.0. The number of nitrogens with one attached hydrogen (secondary N) is 2. The fraction of sp³-hybridized carbons (Fsp3) is 0.409. The van der Waals surface area contributed by atoms with Gasteiger partial charge in [-0.25, -0.2) is 4.79 Å². The van der Waals surface area contributed by atoms with Gasteiger partial charge in [0.1, 0.15) is 0 Å². The number of carbonyl (C=O) groups is 1. The van der Waals surface area contributed by atoms with Crippen molar-refractivity contribution in [1.29, 1.82) is 0 Å². The molecule has 4 nitrogen and oxygen atoms in total. The van der Waals surface area contributed by atoms with Gasteiger partial charge in [-0.15, -0.1) is 0 Å². The summed E-state index contributed by atoms with van der Waals surface area (Å²) in [5.74, 6) is 0. The summed E-state index contributed by atoms with van der Waals surface area (Å²) in [6.45, 7) is 2.90. The van der Waals surface area contributed by atoms with Crippen molar-refractivity contribution in [3.05, 3.63) is 59.1 Å². The Balaban J connectivity index is 1.30. The molecule has 142 valence electrons. The Morgan fingerprint density at radius 1 is 0.963 bits per heavy atom. The number of benzene rings is 2. The molecule has 0 unspecified atom stereocenters. The molecule has 2 aromatic carbocycles. The van der Waals surface area contributed by atoms with Gasteiger partial charge in [0, 0.05) is 41.4 Å². The Morgan fingerprint density at radius 2 is 1.63 bits per heavy atom. The molecule has 2 amide bonds. The summed E-state index contributed by atoms with van der Waals surface area (Å²) in [5, 5.41) is 6.72. The predicted molar refractivity (Wildman–Crippen MR) is 112 cm³/mol. The van der Waals surface area contributed by atoms with Crippen LogP contribution in [0.2, 0.25) is 5.02 Å². The summed E-state index contributed by atoms with van der Waals surface area (Å²) < 4.78 is 0. The van der Waals surface area contributed by atoms with Crippen LogP contribution in [0, 0.1) is 0 Å². The topological polar surface area (TPSA) is 44.4 Å². The molecule has 0 atom stereocenters. The molecule has 1 heterocycles. The molecule has 27 heavy (non-hydrogen) atoms. The molecule has 0 bridgehead atoms. The number of anilines is 2. The molecule has 0 spiro atoms. The zero-order valence-electron chi connectivity index (χ0n) is 15.5. The number of urea groups is 1. The number of rotatable bonds is 5. The molecule has 2 aromatic rings. The Kier molecular flexibility index (Phi) is 5.26. The number of nitrogens with zero attached hydrogens (tertiary/aromatic N) is 1. The van der Waals surface area contributed by atoms with E-state index in [1.54, 1.807) is 0 Å². The maximum absolute atomic E-state index is 12.3. The number of hydrogen-bond acceptors (Lipinski definition) is 2. The van der Waals surface area contributed by atoms with Crippen LogP contribution in [-0.2, 0) is 5.41 Å². The standard InChI is InChI=1S/C22H26ClN3O/c23-18-6-4-17(5-7-18)22(12-13-22)16-24-21(27)25-19-8-10-20(11-9-19)26-14-2-1-3-15-26/h4-11H,1-3,12-16H2,(H2,24,25,27). The molecule has 1 saturated heterocycles. The van der Waals surface area contributed by atoms with E-state index in [9.17, 15) is 4.79 Å². The molecule has 4 rings (SSSR count). The van der Waals surface area contributed by atoms with E-state index in [2.05, 4.69) is 39.8 Å². The molecule has 1 aliphatic carbocycles. The van der Waals surface area contributed by atoms with Crippen molar-refractivity contribution >= 4 is 29.0 Å². The van der Waals surface area contributed by atoms with E-state index in [1.807, 2.05) is 24.3 Å². The van der Waals surface area contributed by atoms with Crippen molar-refractivity contribution in [2.24, 2.45) is 0 Å². The first-order valence-corrected chi connectivity index (χ1v) is 10.2. The van der Waals surface area contributed by atoms with Crippen molar-refractivity contribution < 1.29 is 4.79 Å². The molecule has 2 aliphatic rings. The Hall–Kier alpha value is -2.20. The zero-order valence-corrected chi connectivity index (χ0v) is 16.3.